The molecule has 0 bridgehead atoms. The molecule has 9 heteroatoms. The summed E-state index contributed by atoms with van der Waals surface area (Å²) in [6.45, 7) is 2.07. The van der Waals surface area contributed by atoms with Gasteiger partial charge in [0.2, 0.25) is 0 Å². The second kappa shape index (κ2) is 7.90. The van der Waals surface area contributed by atoms with Crippen LogP contribution in [0.15, 0.2) is 59.2 Å². The van der Waals surface area contributed by atoms with Crippen LogP contribution in [0.3, 0.4) is 0 Å². The highest BCUT2D eigenvalue weighted by atomic mass is 32.2. The molecule has 164 valence electrons. The molecule has 1 saturated heterocycles. The van der Waals surface area contributed by atoms with Crippen LogP contribution in [0.4, 0.5) is 0 Å². The second-order valence-corrected chi connectivity index (χ2v) is 10.2. The zero-order valence-corrected chi connectivity index (χ0v) is 18.3. The maximum Gasteiger partial charge on any atom is 0.252 e. The molecule has 5 rings (SSSR count). The summed E-state index contributed by atoms with van der Waals surface area (Å²) in [5, 5.41) is 8.14. The Labute approximate surface area is 185 Å². The molecule has 4 heterocycles. The predicted octanol–water partition coefficient (Wildman–Crippen LogP) is 3.29. The van der Waals surface area contributed by atoms with E-state index in [1.807, 2.05) is 37.3 Å². The smallest absolute Gasteiger partial charge is 0.252 e. The molecular formula is C23H22N4O4S. The third-order valence-electron chi connectivity index (χ3n) is 5.71. The minimum atomic E-state index is -3.10. The Morgan fingerprint density at radius 3 is 2.72 bits per heavy atom. The van der Waals surface area contributed by atoms with Gasteiger partial charge in [0.25, 0.3) is 5.91 Å². The van der Waals surface area contributed by atoms with Gasteiger partial charge in [-0.05, 0) is 31.5 Å². The van der Waals surface area contributed by atoms with E-state index in [1.54, 1.807) is 29.1 Å². The molecule has 1 fully saturated rings. The second-order valence-electron chi connectivity index (χ2n) is 7.97. The van der Waals surface area contributed by atoms with Crippen molar-refractivity contribution in [3.63, 3.8) is 0 Å². The summed E-state index contributed by atoms with van der Waals surface area (Å²) in [4.78, 5) is 18.0. The van der Waals surface area contributed by atoms with Crippen LogP contribution < -0.4 is 5.32 Å². The molecule has 1 atom stereocenters. The highest BCUT2D eigenvalue weighted by molar-refractivity contribution is 7.91. The summed E-state index contributed by atoms with van der Waals surface area (Å²) in [7, 11) is -3.10. The third-order valence-corrected chi connectivity index (χ3v) is 7.46. The Morgan fingerprint density at radius 2 is 2.03 bits per heavy atom. The van der Waals surface area contributed by atoms with Crippen molar-refractivity contribution in [2.24, 2.45) is 0 Å². The first kappa shape index (κ1) is 20.4. The molecule has 1 aromatic carbocycles. The Morgan fingerprint density at radius 1 is 1.22 bits per heavy atom. The lowest BCUT2D eigenvalue weighted by atomic mass is 10.0. The SMILES string of the molecule is Cc1nn(C2CCS(=O)(=O)C2)c2nc(-c3ccccc3)cc(C(=O)NCc3ccco3)c12. The third kappa shape index (κ3) is 3.80. The monoisotopic (exact) mass is 450 g/mol. The molecule has 0 aliphatic carbocycles. The number of benzene rings is 1. The average Bonchev–Trinajstić information content (AvgIpc) is 3.51. The molecule has 8 nitrogen and oxygen atoms in total. The van der Waals surface area contributed by atoms with E-state index in [9.17, 15) is 13.2 Å². The lowest BCUT2D eigenvalue weighted by Gasteiger charge is -2.12. The zero-order valence-electron chi connectivity index (χ0n) is 17.5. The molecule has 1 amide bonds. The van der Waals surface area contributed by atoms with Gasteiger partial charge in [0.15, 0.2) is 15.5 Å². The zero-order chi connectivity index (χ0) is 22.3. The van der Waals surface area contributed by atoms with Crippen molar-refractivity contribution in [2.75, 3.05) is 11.5 Å². The predicted molar refractivity (Wildman–Crippen MR) is 120 cm³/mol. The number of hydrogen-bond acceptors (Lipinski definition) is 6. The van der Waals surface area contributed by atoms with Crippen LogP contribution in [0, 0.1) is 6.92 Å². The highest BCUT2D eigenvalue weighted by Gasteiger charge is 2.32. The van der Waals surface area contributed by atoms with Crippen LogP contribution in [-0.2, 0) is 16.4 Å². The van der Waals surface area contributed by atoms with Crippen molar-refractivity contribution >= 4 is 26.8 Å². The number of carbonyl (C=O) groups excluding carboxylic acids is 1. The number of sulfone groups is 1. The van der Waals surface area contributed by atoms with Crippen molar-refractivity contribution in [1.82, 2.24) is 20.1 Å². The van der Waals surface area contributed by atoms with E-state index in [-0.39, 0.29) is 30.0 Å². The number of furan rings is 1. The van der Waals surface area contributed by atoms with E-state index < -0.39 is 9.84 Å². The molecule has 1 aliphatic rings. The number of amides is 1. The molecule has 3 aromatic heterocycles. The molecule has 1 aliphatic heterocycles. The molecule has 0 spiro atoms. The summed E-state index contributed by atoms with van der Waals surface area (Å²) in [5.74, 6) is 0.538. The Kier molecular flexibility index (Phi) is 5.05. The van der Waals surface area contributed by atoms with E-state index in [1.165, 1.54) is 0 Å². The fourth-order valence-electron chi connectivity index (χ4n) is 4.15. The molecular weight excluding hydrogens is 428 g/mol. The lowest BCUT2D eigenvalue weighted by molar-refractivity contribution is 0.0949. The van der Waals surface area contributed by atoms with Crippen molar-refractivity contribution < 1.29 is 17.6 Å². The maximum absolute atomic E-state index is 13.2. The van der Waals surface area contributed by atoms with Gasteiger partial charge in [-0.1, -0.05) is 30.3 Å². The normalized spacial score (nSPS) is 17.6. The van der Waals surface area contributed by atoms with Crippen molar-refractivity contribution in [2.45, 2.75) is 25.9 Å². The maximum atomic E-state index is 13.2. The van der Waals surface area contributed by atoms with E-state index in [4.69, 9.17) is 9.40 Å². The van der Waals surface area contributed by atoms with E-state index in [0.29, 0.717) is 40.2 Å². The average molecular weight is 451 g/mol. The quantitative estimate of drug-likeness (QED) is 0.500. The molecule has 1 N–H and O–H groups in total. The first-order chi connectivity index (χ1) is 15.4. The van der Waals surface area contributed by atoms with Gasteiger partial charge in [-0.15, -0.1) is 0 Å². The van der Waals surface area contributed by atoms with Gasteiger partial charge in [0.05, 0.1) is 52.7 Å². The Bertz CT molecular complexity index is 1390. The number of rotatable bonds is 5. The van der Waals surface area contributed by atoms with E-state index >= 15 is 0 Å². The largest absolute Gasteiger partial charge is 0.467 e. The molecule has 4 aromatic rings. The van der Waals surface area contributed by atoms with Gasteiger partial charge in [-0.25, -0.2) is 18.1 Å². The number of fused-ring (bicyclic) bond motifs is 1. The topological polar surface area (TPSA) is 107 Å². The summed E-state index contributed by atoms with van der Waals surface area (Å²) in [5.41, 5.74) is 3.10. The lowest BCUT2D eigenvalue weighted by Crippen LogP contribution is -2.23. The first-order valence-corrected chi connectivity index (χ1v) is 12.2. The van der Waals surface area contributed by atoms with Gasteiger partial charge in [-0.2, -0.15) is 5.10 Å². The number of carbonyl (C=O) groups is 1. The first-order valence-electron chi connectivity index (χ1n) is 10.4. The minimum Gasteiger partial charge on any atom is -0.467 e. The van der Waals surface area contributed by atoms with Crippen LogP contribution >= 0.6 is 0 Å². The van der Waals surface area contributed by atoms with Gasteiger partial charge >= 0.3 is 0 Å². The van der Waals surface area contributed by atoms with Crippen molar-refractivity contribution in [1.29, 1.82) is 0 Å². The van der Waals surface area contributed by atoms with Gasteiger partial charge in [0.1, 0.15) is 5.76 Å². The molecule has 1 unspecified atom stereocenters. The van der Waals surface area contributed by atoms with Gasteiger partial charge < -0.3 is 9.73 Å². The number of nitrogens with one attached hydrogen (secondary N) is 1. The summed E-state index contributed by atoms with van der Waals surface area (Å²) < 4.78 is 31.2. The number of nitrogens with zero attached hydrogens (tertiary/aromatic N) is 3. The van der Waals surface area contributed by atoms with Crippen LogP contribution in [0.25, 0.3) is 22.3 Å². The molecule has 0 saturated carbocycles. The Balaban J connectivity index is 1.63. The number of pyridine rings is 1. The Hall–Kier alpha value is -3.46. The molecule has 0 radical (unpaired) electrons. The van der Waals surface area contributed by atoms with Crippen LogP contribution in [0.5, 0.6) is 0 Å². The molecule has 32 heavy (non-hydrogen) atoms. The van der Waals surface area contributed by atoms with E-state index in [2.05, 4.69) is 10.4 Å². The highest BCUT2D eigenvalue weighted by Crippen LogP contribution is 2.32. The minimum absolute atomic E-state index is 0.0283. The summed E-state index contributed by atoms with van der Waals surface area (Å²) in [6, 6.07) is 14.6. The fourth-order valence-corrected chi connectivity index (χ4v) is 5.84. The van der Waals surface area contributed by atoms with Crippen LogP contribution in [0.2, 0.25) is 0 Å². The van der Waals surface area contributed by atoms with Gasteiger partial charge in [-0.3, -0.25) is 4.79 Å². The van der Waals surface area contributed by atoms with Crippen LogP contribution in [0.1, 0.15) is 34.3 Å². The van der Waals surface area contributed by atoms with Crippen LogP contribution in [-0.4, -0.2) is 40.6 Å². The van der Waals surface area contributed by atoms with Crippen molar-refractivity contribution in [3.05, 3.63) is 71.8 Å². The summed E-state index contributed by atoms with van der Waals surface area (Å²) in [6.07, 6.45) is 2.04. The standard InChI is InChI=1S/C23H22N4O4S/c1-15-21-19(23(28)24-13-18-8-5-10-31-18)12-20(16-6-3-2-4-7-16)25-22(21)27(26-15)17-9-11-32(29,30)14-17/h2-8,10,12,17H,9,11,13-14H2,1H3,(H,24,28). The van der Waals surface area contributed by atoms with Crippen molar-refractivity contribution in [3.8, 4) is 11.3 Å². The van der Waals surface area contributed by atoms with Gasteiger partial charge in [0, 0.05) is 5.56 Å². The number of hydrogen-bond donors (Lipinski definition) is 1. The number of aryl methyl sites for hydroxylation is 1. The fraction of sp³-hybridized carbons (Fsp3) is 0.261. The number of aromatic nitrogens is 3. The van der Waals surface area contributed by atoms with E-state index in [0.717, 1.165) is 5.56 Å². The summed E-state index contributed by atoms with van der Waals surface area (Å²) >= 11 is 0.